The zero-order valence-corrected chi connectivity index (χ0v) is 28.0. The normalized spacial score (nSPS) is 12.7. The molecule has 0 aliphatic rings. The van der Waals surface area contributed by atoms with Crippen molar-refractivity contribution in [1.82, 2.24) is 0 Å². The summed E-state index contributed by atoms with van der Waals surface area (Å²) in [6, 6.07) is 0. The van der Waals surface area contributed by atoms with Crippen LogP contribution in [0.3, 0.4) is 0 Å². The van der Waals surface area contributed by atoms with Gasteiger partial charge in [0.25, 0.3) is 0 Å². The van der Waals surface area contributed by atoms with E-state index in [1.54, 1.807) is 0 Å². The van der Waals surface area contributed by atoms with Crippen molar-refractivity contribution < 1.29 is 24.2 Å². The van der Waals surface area contributed by atoms with E-state index in [9.17, 15) is 14.7 Å². The number of allylic oxidation sites excluding steroid dienone is 8. The van der Waals surface area contributed by atoms with Crippen LogP contribution in [-0.2, 0) is 19.1 Å². The molecule has 0 aromatic carbocycles. The van der Waals surface area contributed by atoms with Crippen LogP contribution in [0.4, 0.5) is 0 Å². The number of unbranched alkanes of at least 4 members (excludes halogenated alkanes) is 15. The fourth-order valence-corrected chi connectivity index (χ4v) is 4.66. The maximum Gasteiger partial charge on any atom is 0.306 e. The van der Waals surface area contributed by atoms with Gasteiger partial charge in [-0.2, -0.15) is 0 Å². The van der Waals surface area contributed by atoms with Crippen molar-refractivity contribution in [3.63, 3.8) is 0 Å². The Morgan fingerprint density at radius 1 is 0.535 bits per heavy atom. The molecular weight excluding hydrogens is 536 g/mol. The number of ether oxygens (including phenoxy) is 2. The highest BCUT2D eigenvalue weighted by Crippen LogP contribution is 2.13. The van der Waals surface area contributed by atoms with Crippen molar-refractivity contribution in [2.75, 3.05) is 13.2 Å². The number of carbonyl (C=O) groups is 2. The van der Waals surface area contributed by atoms with Crippen LogP contribution in [0, 0.1) is 0 Å². The lowest BCUT2D eigenvalue weighted by molar-refractivity contribution is -0.161. The molecule has 43 heavy (non-hydrogen) atoms. The fourth-order valence-electron chi connectivity index (χ4n) is 4.66. The number of hydrogen-bond donors (Lipinski definition) is 1. The van der Waals surface area contributed by atoms with Crippen LogP contribution in [0.15, 0.2) is 48.6 Å². The molecule has 0 aromatic rings. The lowest BCUT2D eigenvalue weighted by Gasteiger charge is -2.15. The van der Waals surface area contributed by atoms with Gasteiger partial charge in [0.15, 0.2) is 6.10 Å². The van der Waals surface area contributed by atoms with Crippen LogP contribution in [-0.4, -0.2) is 36.4 Å². The minimum absolute atomic E-state index is 0.0868. The maximum atomic E-state index is 12.1. The zero-order chi connectivity index (χ0) is 31.5. The number of aliphatic hydroxyl groups is 1. The minimum atomic E-state index is -0.796. The van der Waals surface area contributed by atoms with Gasteiger partial charge in [-0.05, 0) is 51.4 Å². The molecule has 0 aliphatic heterocycles. The fraction of sp³-hybridized carbons (Fsp3) is 0.737. The molecule has 5 heteroatoms. The highest BCUT2D eigenvalue weighted by molar-refractivity contribution is 5.70. The average Bonchev–Trinajstić information content (AvgIpc) is 3.01. The Balaban J connectivity index is 3.70. The topological polar surface area (TPSA) is 72.8 Å². The predicted octanol–water partition coefficient (Wildman–Crippen LogP) is 10.7. The van der Waals surface area contributed by atoms with Gasteiger partial charge in [-0.15, -0.1) is 0 Å². The highest BCUT2D eigenvalue weighted by atomic mass is 16.6. The van der Waals surface area contributed by atoms with Crippen LogP contribution in [0.1, 0.15) is 162 Å². The number of aliphatic hydroxyl groups excluding tert-OH is 1. The van der Waals surface area contributed by atoms with Crippen LogP contribution >= 0.6 is 0 Å². The molecule has 0 saturated carbocycles. The zero-order valence-electron chi connectivity index (χ0n) is 28.0. The van der Waals surface area contributed by atoms with E-state index in [1.165, 1.54) is 83.5 Å². The third-order valence-electron chi connectivity index (χ3n) is 7.38. The summed E-state index contributed by atoms with van der Waals surface area (Å²) in [5.41, 5.74) is 0. The molecular formula is C38H66O5. The molecule has 248 valence electrons. The standard InChI is InChI=1S/C38H66O5/c1-3-5-7-9-11-13-15-17-18-19-20-21-23-25-27-29-31-33-38(41)43-36(34-39)35-42-37(40)32-30-28-26-24-22-16-14-12-10-8-6-4-2/h11,13,17-18,20-21,25,27,36,39H,3-10,12,14-16,19,22-24,26,28-35H2,1-2H3/t36-/m0/s1. The third-order valence-corrected chi connectivity index (χ3v) is 7.38. The third kappa shape index (κ3) is 32.6. The molecule has 0 fully saturated rings. The first-order valence-corrected chi connectivity index (χ1v) is 17.7. The van der Waals surface area contributed by atoms with Gasteiger partial charge in [-0.25, -0.2) is 0 Å². The summed E-state index contributed by atoms with van der Waals surface area (Å²) in [6.45, 7) is 4.04. The lowest BCUT2D eigenvalue weighted by atomic mass is 10.0. The Morgan fingerprint density at radius 3 is 1.47 bits per heavy atom. The van der Waals surface area contributed by atoms with E-state index in [0.717, 1.165) is 44.9 Å². The lowest BCUT2D eigenvalue weighted by Crippen LogP contribution is -2.28. The number of rotatable bonds is 31. The summed E-state index contributed by atoms with van der Waals surface area (Å²) in [5.74, 6) is -0.658. The molecule has 5 nitrogen and oxygen atoms in total. The highest BCUT2D eigenvalue weighted by Gasteiger charge is 2.15. The predicted molar refractivity (Wildman–Crippen MR) is 182 cm³/mol. The number of carbonyl (C=O) groups excluding carboxylic acids is 2. The van der Waals surface area contributed by atoms with E-state index in [4.69, 9.17) is 9.47 Å². The first-order valence-electron chi connectivity index (χ1n) is 17.7. The van der Waals surface area contributed by atoms with Crippen molar-refractivity contribution in [2.45, 2.75) is 168 Å². The summed E-state index contributed by atoms with van der Waals surface area (Å²) >= 11 is 0. The smallest absolute Gasteiger partial charge is 0.306 e. The van der Waals surface area contributed by atoms with Crippen LogP contribution in [0.25, 0.3) is 0 Å². The number of hydrogen-bond acceptors (Lipinski definition) is 5. The molecule has 1 N–H and O–H groups in total. The Labute approximate surface area is 265 Å². The Morgan fingerprint density at radius 2 is 0.953 bits per heavy atom. The van der Waals surface area contributed by atoms with Crippen LogP contribution < -0.4 is 0 Å². The quantitative estimate of drug-likeness (QED) is 0.0485. The summed E-state index contributed by atoms with van der Waals surface area (Å²) < 4.78 is 10.5. The van der Waals surface area contributed by atoms with Crippen molar-refractivity contribution in [3.05, 3.63) is 48.6 Å². The van der Waals surface area contributed by atoms with E-state index in [0.29, 0.717) is 12.8 Å². The first-order chi connectivity index (χ1) is 21.1. The summed E-state index contributed by atoms with van der Waals surface area (Å²) in [4.78, 5) is 24.1. The van der Waals surface area contributed by atoms with Gasteiger partial charge >= 0.3 is 11.9 Å². The Kier molecular flexibility index (Phi) is 32.6. The molecule has 0 heterocycles. The minimum Gasteiger partial charge on any atom is -0.462 e. The van der Waals surface area contributed by atoms with Gasteiger partial charge in [0.05, 0.1) is 6.61 Å². The Hall–Kier alpha value is -2.14. The van der Waals surface area contributed by atoms with E-state index in [1.807, 2.05) is 0 Å². The van der Waals surface area contributed by atoms with Crippen molar-refractivity contribution in [1.29, 1.82) is 0 Å². The van der Waals surface area contributed by atoms with Gasteiger partial charge < -0.3 is 14.6 Å². The molecule has 0 aliphatic carbocycles. The second-order valence-corrected chi connectivity index (χ2v) is 11.6. The molecule has 0 rings (SSSR count). The van der Waals surface area contributed by atoms with E-state index < -0.39 is 6.10 Å². The average molecular weight is 603 g/mol. The molecule has 1 atom stereocenters. The molecule has 0 spiro atoms. The van der Waals surface area contributed by atoms with Crippen molar-refractivity contribution in [3.8, 4) is 0 Å². The van der Waals surface area contributed by atoms with Gasteiger partial charge in [-0.1, -0.05) is 146 Å². The van der Waals surface area contributed by atoms with E-state index >= 15 is 0 Å². The van der Waals surface area contributed by atoms with E-state index in [2.05, 4.69) is 62.5 Å². The maximum absolute atomic E-state index is 12.1. The monoisotopic (exact) mass is 602 g/mol. The summed E-state index contributed by atoms with van der Waals surface area (Å²) in [7, 11) is 0. The molecule has 0 aromatic heterocycles. The molecule has 0 saturated heterocycles. The van der Waals surface area contributed by atoms with E-state index in [-0.39, 0.29) is 31.6 Å². The molecule has 0 bridgehead atoms. The SMILES string of the molecule is CCCCCC=CCC=CCC=CCC=CCCCC(=O)O[C@@H](CO)COC(=O)CCCCCCCCCCCCCC. The largest absolute Gasteiger partial charge is 0.462 e. The van der Waals surface area contributed by atoms with Crippen molar-refractivity contribution >= 4 is 11.9 Å². The van der Waals surface area contributed by atoms with Crippen molar-refractivity contribution in [2.24, 2.45) is 0 Å². The second-order valence-electron chi connectivity index (χ2n) is 11.6. The van der Waals surface area contributed by atoms with Gasteiger partial charge in [-0.3, -0.25) is 9.59 Å². The van der Waals surface area contributed by atoms with Gasteiger partial charge in [0.1, 0.15) is 6.61 Å². The second kappa shape index (κ2) is 34.4. The Bertz CT molecular complexity index is 737. The molecule has 0 unspecified atom stereocenters. The molecule has 0 radical (unpaired) electrons. The number of esters is 2. The van der Waals surface area contributed by atoms with Crippen LogP contribution in [0.5, 0.6) is 0 Å². The molecule has 0 amide bonds. The van der Waals surface area contributed by atoms with Crippen LogP contribution in [0.2, 0.25) is 0 Å². The van der Waals surface area contributed by atoms with Gasteiger partial charge in [0.2, 0.25) is 0 Å². The van der Waals surface area contributed by atoms with Gasteiger partial charge in [0, 0.05) is 12.8 Å². The summed E-state index contributed by atoms with van der Waals surface area (Å²) in [6.07, 6.45) is 41.7. The summed E-state index contributed by atoms with van der Waals surface area (Å²) in [5, 5.41) is 9.50. The first kappa shape index (κ1) is 40.9.